The van der Waals surface area contributed by atoms with Gasteiger partial charge in [-0.3, -0.25) is 0 Å². The van der Waals surface area contributed by atoms with Gasteiger partial charge in [-0.25, -0.2) is 9.78 Å². The number of aromatic nitrogens is 2. The lowest BCUT2D eigenvalue weighted by molar-refractivity contribution is 0.0603. The van der Waals surface area contributed by atoms with Crippen LogP contribution in [0.4, 0.5) is 0 Å². The highest BCUT2D eigenvalue weighted by molar-refractivity contribution is 6.02. The first-order valence-corrected chi connectivity index (χ1v) is 6.06. The zero-order valence-electron chi connectivity index (χ0n) is 10.8. The van der Waals surface area contributed by atoms with Crippen molar-refractivity contribution in [2.75, 3.05) is 7.11 Å². The summed E-state index contributed by atoms with van der Waals surface area (Å²) in [5.74, 6) is 0.201. The first-order chi connectivity index (χ1) is 9.70. The second-order valence-electron chi connectivity index (χ2n) is 4.30. The largest absolute Gasteiger partial charge is 0.507 e. The van der Waals surface area contributed by atoms with Gasteiger partial charge in [0, 0.05) is 0 Å². The number of H-pyrrole nitrogens is 1. The Bertz CT molecular complexity index is 793. The van der Waals surface area contributed by atoms with E-state index >= 15 is 0 Å². The molecule has 0 saturated heterocycles. The van der Waals surface area contributed by atoms with E-state index in [9.17, 15) is 9.90 Å². The van der Waals surface area contributed by atoms with Gasteiger partial charge in [0.2, 0.25) is 0 Å². The number of nitrogens with one attached hydrogen (secondary N) is 1. The Morgan fingerprint density at radius 1 is 1.20 bits per heavy atom. The average molecular weight is 268 g/mol. The highest BCUT2D eigenvalue weighted by Crippen LogP contribution is 2.29. The number of hydrogen-bond donors (Lipinski definition) is 2. The van der Waals surface area contributed by atoms with E-state index in [0.29, 0.717) is 28.0 Å². The lowest BCUT2D eigenvalue weighted by Gasteiger charge is -1.99. The fraction of sp³-hybridized carbons (Fsp3) is 0.0667. The number of phenols is 1. The predicted octanol–water partition coefficient (Wildman–Crippen LogP) is 2.72. The molecule has 0 aliphatic rings. The molecular weight excluding hydrogens is 256 g/mol. The van der Waals surface area contributed by atoms with Crippen LogP contribution in [0.3, 0.4) is 0 Å². The number of esters is 1. The van der Waals surface area contributed by atoms with E-state index in [0.717, 1.165) is 0 Å². The number of carbonyl (C=O) groups excluding carboxylic acids is 1. The minimum Gasteiger partial charge on any atom is -0.507 e. The number of fused-ring (bicyclic) bond motifs is 1. The molecule has 5 heteroatoms. The van der Waals surface area contributed by atoms with Crippen molar-refractivity contribution in [3.63, 3.8) is 0 Å². The molecule has 0 aliphatic heterocycles. The van der Waals surface area contributed by atoms with Crippen molar-refractivity contribution in [2.24, 2.45) is 0 Å². The van der Waals surface area contributed by atoms with Gasteiger partial charge in [0.1, 0.15) is 17.1 Å². The van der Waals surface area contributed by atoms with Crippen molar-refractivity contribution in [2.45, 2.75) is 0 Å². The molecule has 0 unspecified atom stereocenters. The van der Waals surface area contributed by atoms with Crippen molar-refractivity contribution < 1.29 is 14.6 Å². The average Bonchev–Trinajstić information content (AvgIpc) is 2.90. The first-order valence-electron chi connectivity index (χ1n) is 6.06. The molecule has 3 aromatic rings. The van der Waals surface area contributed by atoms with E-state index in [4.69, 9.17) is 4.74 Å². The molecule has 0 spiro atoms. The number of benzene rings is 2. The summed E-state index contributed by atoms with van der Waals surface area (Å²) < 4.78 is 4.74. The van der Waals surface area contributed by atoms with Crippen molar-refractivity contribution in [3.8, 4) is 17.1 Å². The number of hydrogen-bond acceptors (Lipinski definition) is 4. The van der Waals surface area contributed by atoms with E-state index < -0.39 is 5.97 Å². The summed E-state index contributed by atoms with van der Waals surface area (Å²) in [6.45, 7) is 0. The summed E-state index contributed by atoms with van der Waals surface area (Å²) in [5, 5.41) is 9.86. The third-order valence-electron chi connectivity index (χ3n) is 3.08. The van der Waals surface area contributed by atoms with Crippen LogP contribution in [0.25, 0.3) is 22.4 Å². The molecule has 0 atom stereocenters. The van der Waals surface area contributed by atoms with Crippen LogP contribution in [0.2, 0.25) is 0 Å². The molecule has 2 aromatic carbocycles. The molecule has 0 fully saturated rings. The Morgan fingerprint density at radius 2 is 2.00 bits per heavy atom. The van der Waals surface area contributed by atoms with E-state index in [1.165, 1.54) is 7.11 Å². The van der Waals surface area contributed by atoms with Crippen LogP contribution >= 0.6 is 0 Å². The van der Waals surface area contributed by atoms with Gasteiger partial charge in [-0.05, 0) is 24.3 Å². The maximum absolute atomic E-state index is 11.7. The fourth-order valence-electron chi connectivity index (χ4n) is 2.11. The second-order valence-corrected chi connectivity index (χ2v) is 4.30. The number of methoxy groups -OCH3 is 1. The zero-order chi connectivity index (χ0) is 14.1. The van der Waals surface area contributed by atoms with Gasteiger partial charge in [0.05, 0.1) is 23.8 Å². The maximum Gasteiger partial charge on any atom is 0.340 e. The quantitative estimate of drug-likeness (QED) is 0.701. The molecule has 5 nitrogen and oxygen atoms in total. The number of imidazole rings is 1. The molecule has 0 radical (unpaired) electrons. The van der Waals surface area contributed by atoms with Gasteiger partial charge in [0.25, 0.3) is 0 Å². The molecule has 2 N–H and O–H groups in total. The second kappa shape index (κ2) is 4.70. The van der Waals surface area contributed by atoms with Crippen LogP contribution in [0.15, 0.2) is 42.5 Å². The normalized spacial score (nSPS) is 10.7. The molecule has 0 amide bonds. The molecule has 0 saturated carbocycles. The maximum atomic E-state index is 11.7. The zero-order valence-corrected chi connectivity index (χ0v) is 10.8. The minimum absolute atomic E-state index is 0.131. The molecule has 0 aliphatic carbocycles. The van der Waals surface area contributed by atoms with Gasteiger partial charge < -0.3 is 14.8 Å². The SMILES string of the molecule is COC(=O)c1cccc2[nH]c(-c3ccccc3O)nc12. The summed E-state index contributed by atoms with van der Waals surface area (Å²) in [6, 6.07) is 12.1. The Balaban J connectivity index is 2.21. The summed E-state index contributed by atoms with van der Waals surface area (Å²) in [7, 11) is 1.33. The lowest BCUT2D eigenvalue weighted by Crippen LogP contribution is -2.01. The lowest BCUT2D eigenvalue weighted by atomic mass is 10.2. The Labute approximate surface area is 114 Å². The summed E-state index contributed by atoms with van der Waals surface area (Å²) in [4.78, 5) is 19.2. The number of rotatable bonds is 2. The van der Waals surface area contributed by atoms with Crippen LogP contribution in [0, 0.1) is 0 Å². The Hall–Kier alpha value is -2.82. The fourth-order valence-corrected chi connectivity index (χ4v) is 2.11. The Kier molecular flexibility index (Phi) is 2.87. The molecular formula is C15H12N2O3. The third-order valence-corrected chi connectivity index (χ3v) is 3.08. The van der Waals surface area contributed by atoms with Crippen molar-refractivity contribution in [1.82, 2.24) is 9.97 Å². The number of carbonyl (C=O) groups is 1. The van der Waals surface area contributed by atoms with Gasteiger partial charge in [-0.1, -0.05) is 18.2 Å². The summed E-state index contributed by atoms with van der Waals surface area (Å²) in [6.07, 6.45) is 0. The van der Waals surface area contributed by atoms with E-state index in [1.54, 1.807) is 30.3 Å². The van der Waals surface area contributed by atoms with Crippen LogP contribution in [0.1, 0.15) is 10.4 Å². The summed E-state index contributed by atoms with van der Waals surface area (Å²) >= 11 is 0. The number of phenolic OH excluding ortho intramolecular Hbond substituents is 1. The standard InChI is InChI=1S/C15H12N2O3/c1-20-15(19)10-6-4-7-11-13(10)17-14(16-11)9-5-2-3-8-12(9)18/h2-8,18H,1H3,(H,16,17). The van der Waals surface area contributed by atoms with Gasteiger partial charge in [0.15, 0.2) is 0 Å². The number of para-hydroxylation sites is 2. The number of aromatic amines is 1. The van der Waals surface area contributed by atoms with Crippen molar-refractivity contribution in [1.29, 1.82) is 0 Å². The van der Waals surface area contributed by atoms with Crippen molar-refractivity contribution in [3.05, 3.63) is 48.0 Å². The predicted molar refractivity (Wildman–Crippen MR) is 74.5 cm³/mol. The number of ether oxygens (including phenoxy) is 1. The minimum atomic E-state index is -0.439. The van der Waals surface area contributed by atoms with E-state index in [-0.39, 0.29) is 5.75 Å². The molecule has 0 bridgehead atoms. The number of nitrogens with zero attached hydrogens (tertiary/aromatic N) is 1. The van der Waals surface area contributed by atoms with Crippen LogP contribution in [-0.2, 0) is 4.74 Å². The third kappa shape index (κ3) is 1.89. The monoisotopic (exact) mass is 268 g/mol. The van der Waals surface area contributed by atoms with Gasteiger partial charge >= 0.3 is 5.97 Å². The van der Waals surface area contributed by atoms with Gasteiger partial charge in [-0.15, -0.1) is 0 Å². The van der Waals surface area contributed by atoms with Gasteiger partial charge in [-0.2, -0.15) is 0 Å². The van der Waals surface area contributed by atoms with Crippen molar-refractivity contribution >= 4 is 17.0 Å². The highest BCUT2D eigenvalue weighted by atomic mass is 16.5. The van der Waals surface area contributed by atoms with Crippen LogP contribution in [0.5, 0.6) is 5.75 Å². The van der Waals surface area contributed by atoms with E-state index in [2.05, 4.69) is 9.97 Å². The first kappa shape index (κ1) is 12.2. The molecule has 3 rings (SSSR count). The van der Waals surface area contributed by atoms with E-state index in [1.807, 2.05) is 12.1 Å². The Morgan fingerprint density at radius 3 is 2.75 bits per heavy atom. The molecule has 1 heterocycles. The highest BCUT2D eigenvalue weighted by Gasteiger charge is 2.15. The topological polar surface area (TPSA) is 75.2 Å². The molecule has 100 valence electrons. The summed E-state index contributed by atoms with van der Waals surface area (Å²) in [5.41, 5.74) is 2.21. The van der Waals surface area contributed by atoms with Crippen LogP contribution < -0.4 is 0 Å². The van der Waals surface area contributed by atoms with Crippen LogP contribution in [-0.4, -0.2) is 28.2 Å². The smallest absolute Gasteiger partial charge is 0.340 e. The molecule has 20 heavy (non-hydrogen) atoms. The molecule has 1 aromatic heterocycles. The number of aromatic hydroxyl groups is 1.